The van der Waals surface area contributed by atoms with Crippen LogP contribution in [0.2, 0.25) is 0 Å². The lowest BCUT2D eigenvalue weighted by Gasteiger charge is -2.15. The second-order valence-corrected chi connectivity index (χ2v) is 8.85. The van der Waals surface area contributed by atoms with Gasteiger partial charge < -0.3 is 10.4 Å². The second kappa shape index (κ2) is 8.87. The number of amides is 1. The SMILES string of the molecule is O=C(Cc1ccc2ccccc2c1)N[C@H](CCS(=O)(=O)c1ccccc1)C(=O)O. The predicted octanol–water partition coefficient (Wildman–Crippen LogP) is 2.82. The Balaban J connectivity index is 1.63. The minimum Gasteiger partial charge on any atom is -0.480 e. The number of aliphatic carboxylic acids is 1. The largest absolute Gasteiger partial charge is 0.480 e. The van der Waals surface area contributed by atoms with E-state index in [1.54, 1.807) is 18.2 Å². The van der Waals surface area contributed by atoms with Gasteiger partial charge in [0.05, 0.1) is 17.1 Å². The molecule has 0 saturated carbocycles. The molecule has 150 valence electrons. The first kappa shape index (κ1) is 20.5. The Morgan fingerprint density at radius 3 is 2.24 bits per heavy atom. The van der Waals surface area contributed by atoms with Crippen LogP contribution in [-0.4, -0.2) is 37.2 Å². The van der Waals surface area contributed by atoms with Crippen molar-refractivity contribution in [2.45, 2.75) is 23.8 Å². The number of benzene rings is 3. The molecule has 0 aliphatic rings. The van der Waals surface area contributed by atoms with Crippen LogP contribution in [-0.2, 0) is 25.8 Å². The zero-order chi connectivity index (χ0) is 20.9. The molecule has 6 nitrogen and oxygen atoms in total. The molecule has 7 heteroatoms. The Hall–Kier alpha value is -3.19. The van der Waals surface area contributed by atoms with Gasteiger partial charge in [0.2, 0.25) is 5.91 Å². The van der Waals surface area contributed by atoms with E-state index in [1.165, 1.54) is 12.1 Å². The predicted molar refractivity (Wildman–Crippen MR) is 110 cm³/mol. The van der Waals surface area contributed by atoms with Gasteiger partial charge >= 0.3 is 5.97 Å². The molecule has 0 aromatic heterocycles. The molecule has 1 amide bonds. The number of sulfone groups is 1. The van der Waals surface area contributed by atoms with E-state index in [0.29, 0.717) is 0 Å². The van der Waals surface area contributed by atoms with E-state index in [-0.39, 0.29) is 23.5 Å². The molecule has 3 aromatic rings. The number of hydrogen-bond donors (Lipinski definition) is 2. The van der Waals surface area contributed by atoms with Crippen LogP contribution in [0.5, 0.6) is 0 Å². The number of fused-ring (bicyclic) bond motifs is 1. The molecule has 29 heavy (non-hydrogen) atoms. The number of carbonyl (C=O) groups is 2. The minimum absolute atomic E-state index is 0.0139. The molecule has 0 bridgehead atoms. The van der Waals surface area contributed by atoms with Crippen LogP contribution in [0.3, 0.4) is 0 Å². The highest BCUT2D eigenvalue weighted by Crippen LogP contribution is 2.16. The quantitative estimate of drug-likeness (QED) is 0.594. The Morgan fingerprint density at radius 1 is 0.897 bits per heavy atom. The summed E-state index contributed by atoms with van der Waals surface area (Å²) in [4.78, 5) is 24.0. The lowest BCUT2D eigenvalue weighted by Crippen LogP contribution is -2.42. The summed E-state index contributed by atoms with van der Waals surface area (Å²) in [6.07, 6.45) is -0.198. The standard InChI is InChI=1S/C22H21NO5S/c24-21(15-16-10-11-17-6-4-5-7-18(17)14-16)23-20(22(25)26)12-13-29(27,28)19-8-2-1-3-9-19/h1-11,14,20H,12-13,15H2,(H,23,24)(H,25,26)/t20-/m1/s1. The molecule has 3 rings (SSSR count). The van der Waals surface area contributed by atoms with Crippen molar-refractivity contribution in [3.05, 3.63) is 78.4 Å². The minimum atomic E-state index is -3.62. The van der Waals surface area contributed by atoms with Gasteiger partial charge in [-0.2, -0.15) is 0 Å². The van der Waals surface area contributed by atoms with Crippen molar-refractivity contribution in [2.75, 3.05) is 5.75 Å². The summed E-state index contributed by atoms with van der Waals surface area (Å²) in [5.41, 5.74) is 0.752. The lowest BCUT2D eigenvalue weighted by molar-refractivity contribution is -0.141. The third-order valence-corrected chi connectivity index (χ3v) is 6.35. The third kappa shape index (κ3) is 5.42. The monoisotopic (exact) mass is 411 g/mol. The van der Waals surface area contributed by atoms with Gasteiger partial charge in [-0.3, -0.25) is 4.79 Å². The molecule has 0 spiro atoms. The zero-order valence-electron chi connectivity index (χ0n) is 15.6. The van der Waals surface area contributed by atoms with E-state index >= 15 is 0 Å². The molecule has 3 aromatic carbocycles. The number of rotatable bonds is 8. The fraction of sp³-hybridized carbons (Fsp3) is 0.182. The summed E-state index contributed by atoms with van der Waals surface area (Å²) in [5, 5.41) is 13.9. The maximum atomic E-state index is 12.4. The van der Waals surface area contributed by atoms with Crippen LogP contribution in [0, 0.1) is 0 Å². The zero-order valence-corrected chi connectivity index (χ0v) is 16.4. The van der Waals surface area contributed by atoms with Crippen molar-refractivity contribution in [3.8, 4) is 0 Å². The Morgan fingerprint density at radius 2 is 1.55 bits per heavy atom. The summed E-state index contributed by atoms with van der Waals surface area (Å²) < 4.78 is 24.7. The van der Waals surface area contributed by atoms with Crippen LogP contribution in [0.25, 0.3) is 10.8 Å². The van der Waals surface area contributed by atoms with E-state index < -0.39 is 27.8 Å². The van der Waals surface area contributed by atoms with E-state index in [9.17, 15) is 23.1 Å². The first-order valence-corrected chi connectivity index (χ1v) is 10.8. The molecular formula is C22H21NO5S. The average molecular weight is 411 g/mol. The highest BCUT2D eigenvalue weighted by molar-refractivity contribution is 7.91. The molecule has 1 atom stereocenters. The molecule has 0 fully saturated rings. The number of carbonyl (C=O) groups excluding carboxylic acids is 1. The van der Waals surface area contributed by atoms with Crippen LogP contribution >= 0.6 is 0 Å². The Bertz CT molecular complexity index is 1130. The summed E-state index contributed by atoms with van der Waals surface area (Å²) >= 11 is 0. The van der Waals surface area contributed by atoms with Crippen LogP contribution in [0.1, 0.15) is 12.0 Å². The summed E-state index contributed by atoms with van der Waals surface area (Å²) in [7, 11) is -3.62. The Labute approximate surface area is 169 Å². The van der Waals surface area contributed by atoms with E-state index in [0.717, 1.165) is 16.3 Å². The maximum absolute atomic E-state index is 12.4. The van der Waals surface area contributed by atoms with Crippen LogP contribution in [0.4, 0.5) is 0 Å². The van der Waals surface area contributed by atoms with Gasteiger partial charge in [-0.25, -0.2) is 13.2 Å². The average Bonchev–Trinajstić information content (AvgIpc) is 2.71. The molecule has 0 aliphatic heterocycles. The van der Waals surface area contributed by atoms with Gasteiger partial charge in [0.15, 0.2) is 9.84 Å². The van der Waals surface area contributed by atoms with E-state index in [1.807, 2.05) is 42.5 Å². The van der Waals surface area contributed by atoms with Crippen molar-refractivity contribution >= 4 is 32.5 Å². The van der Waals surface area contributed by atoms with Crippen LogP contribution < -0.4 is 5.32 Å². The van der Waals surface area contributed by atoms with E-state index in [2.05, 4.69) is 5.32 Å². The number of carboxylic acid groups (broad SMARTS) is 1. The van der Waals surface area contributed by atoms with Gasteiger partial charge in [-0.1, -0.05) is 60.7 Å². The molecule has 2 N–H and O–H groups in total. The number of nitrogens with one attached hydrogen (secondary N) is 1. The van der Waals surface area contributed by atoms with Crippen molar-refractivity contribution in [2.24, 2.45) is 0 Å². The van der Waals surface area contributed by atoms with Crippen molar-refractivity contribution in [3.63, 3.8) is 0 Å². The molecule has 0 radical (unpaired) electrons. The van der Waals surface area contributed by atoms with Crippen molar-refractivity contribution < 1.29 is 23.1 Å². The van der Waals surface area contributed by atoms with Gasteiger partial charge in [0, 0.05) is 0 Å². The van der Waals surface area contributed by atoms with Gasteiger partial charge in [-0.15, -0.1) is 0 Å². The molecular weight excluding hydrogens is 390 g/mol. The normalized spacial score (nSPS) is 12.4. The maximum Gasteiger partial charge on any atom is 0.326 e. The lowest BCUT2D eigenvalue weighted by atomic mass is 10.0. The molecule has 0 saturated heterocycles. The van der Waals surface area contributed by atoms with Crippen LogP contribution in [0.15, 0.2) is 77.7 Å². The Kier molecular flexibility index (Phi) is 6.29. The van der Waals surface area contributed by atoms with Gasteiger partial charge in [0.1, 0.15) is 6.04 Å². The smallest absolute Gasteiger partial charge is 0.326 e. The van der Waals surface area contributed by atoms with Gasteiger partial charge in [-0.05, 0) is 34.9 Å². The highest BCUT2D eigenvalue weighted by atomic mass is 32.2. The first-order valence-electron chi connectivity index (χ1n) is 9.13. The molecule has 0 heterocycles. The molecule has 0 aliphatic carbocycles. The number of hydrogen-bond acceptors (Lipinski definition) is 4. The fourth-order valence-electron chi connectivity index (χ4n) is 3.06. The molecule has 0 unspecified atom stereocenters. The second-order valence-electron chi connectivity index (χ2n) is 6.74. The topological polar surface area (TPSA) is 101 Å². The third-order valence-electron chi connectivity index (χ3n) is 4.59. The number of carboxylic acids is 1. The van der Waals surface area contributed by atoms with Crippen molar-refractivity contribution in [1.29, 1.82) is 0 Å². The fourth-order valence-corrected chi connectivity index (χ4v) is 4.41. The summed E-state index contributed by atoms with van der Waals surface area (Å²) in [5.74, 6) is -2.10. The summed E-state index contributed by atoms with van der Waals surface area (Å²) in [6, 6.07) is 19.9. The summed E-state index contributed by atoms with van der Waals surface area (Å²) in [6.45, 7) is 0. The van der Waals surface area contributed by atoms with E-state index in [4.69, 9.17) is 0 Å². The van der Waals surface area contributed by atoms with Gasteiger partial charge in [0.25, 0.3) is 0 Å². The first-order chi connectivity index (χ1) is 13.8. The van der Waals surface area contributed by atoms with Crippen molar-refractivity contribution in [1.82, 2.24) is 5.32 Å². The highest BCUT2D eigenvalue weighted by Gasteiger charge is 2.24.